The summed E-state index contributed by atoms with van der Waals surface area (Å²) in [5, 5.41) is 42.3. The highest BCUT2D eigenvalue weighted by atomic mass is 16.5. The third kappa shape index (κ3) is 14.1. The van der Waals surface area contributed by atoms with Gasteiger partial charge < -0.3 is 29.9 Å². The number of unbranched alkanes of at least 4 members (excludes halogenated alkanes) is 6. The maximum Gasteiger partial charge on any atom is 1.00 e. The first-order valence-corrected chi connectivity index (χ1v) is 26.9. The van der Waals surface area contributed by atoms with E-state index in [0.717, 1.165) is 115 Å². The zero-order valence-corrected chi connectivity index (χ0v) is 45.6. The van der Waals surface area contributed by atoms with E-state index in [-0.39, 0.29) is 36.8 Å². The molecule has 0 unspecified atom stereocenters. The van der Waals surface area contributed by atoms with Crippen LogP contribution < -0.4 is 9.47 Å². The van der Waals surface area contributed by atoms with Gasteiger partial charge in [-0.3, -0.25) is 0 Å². The SMILES string of the molecule is C=C(C)c1ccc(C)cc1-c1c(O)cc(CCCCC)cc1O.CCCCCc1cc(O)c2c(c1)OC(C)(C)[C@@H]1CC=C(C)C[C@@H]21.CCCCCc1cc(O)c2c(c1)OC(C)(C)[C@@H]1CCC(C)=C[C@@H]21.[2H]C[B].[H+]. The fraction of sp³-hybridized carbons (Fsp3) is 0.531. The number of hydrogen-bond donors (Lipinski definition) is 4. The summed E-state index contributed by atoms with van der Waals surface area (Å²) in [6.45, 7) is 27.7. The summed E-state index contributed by atoms with van der Waals surface area (Å²) in [5.41, 5.74) is 12.2. The van der Waals surface area contributed by atoms with Crippen LogP contribution in [0.5, 0.6) is 34.5 Å². The normalized spacial score (nSPS) is 20.0. The van der Waals surface area contributed by atoms with Crippen LogP contribution in [-0.2, 0) is 19.3 Å². The van der Waals surface area contributed by atoms with E-state index < -0.39 is 0 Å². The summed E-state index contributed by atoms with van der Waals surface area (Å²) >= 11 is 0. The Kier molecular flexibility index (Phi) is 19.9. The summed E-state index contributed by atoms with van der Waals surface area (Å²) < 4.78 is 18.7. The smallest absolute Gasteiger partial charge is 0.508 e. The first-order valence-electron chi connectivity index (χ1n) is 27.6. The first kappa shape index (κ1) is 55.3. The lowest BCUT2D eigenvalue weighted by atomic mass is 9.67. The third-order valence-electron chi connectivity index (χ3n) is 15.4. The van der Waals surface area contributed by atoms with E-state index in [9.17, 15) is 20.4 Å². The van der Waals surface area contributed by atoms with Crippen molar-refractivity contribution in [3.05, 3.63) is 123 Å². The van der Waals surface area contributed by atoms with Crippen LogP contribution >= 0.6 is 0 Å². The second-order valence-corrected chi connectivity index (χ2v) is 22.1. The number of fused-ring (bicyclic) bond motifs is 6. The molecule has 2 aliphatic heterocycles. The Hall–Kier alpha value is -5.04. The van der Waals surface area contributed by atoms with E-state index in [2.05, 4.69) is 101 Å². The maximum atomic E-state index is 10.7. The van der Waals surface area contributed by atoms with E-state index >= 15 is 0 Å². The van der Waals surface area contributed by atoms with E-state index in [1.165, 1.54) is 60.8 Å². The maximum absolute atomic E-state index is 10.7. The van der Waals surface area contributed by atoms with Gasteiger partial charge in [-0.2, -0.15) is 0 Å². The van der Waals surface area contributed by atoms with Crippen LogP contribution in [0.25, 0.3) is 16.7 Å². The topological polar surface area (TPSA) is 99.4 Å². The van der Waals surface area contributed by atoms with Crippen molar-refractivity contribution in [2.24, 2.45) is 11.8 Å². The summed E-state index contributed by atoms with van der Waals surface area (Å²) in [5.74, 6) is 4.47. The van der Waals surface area contributed by atoms with Gasteiger partial charge in [-0.25, -0.2) is 0 Å². The number of ether oxygens (including phenoxy) is 2. The molecule has 2 aliphatic carbocycles. The predicted octanol–water partition coefficient (Wildman–Crippen LogP) is 17.6. The molecule has 4 N–H and O–H groups in total. The molecule has 4 atom stereocenters. The summed E-state index contributed by atoms with van der Waals surface area (Å²) in [4.78, 5) is 0. The fourth-order valence-corrected chi connectivity index (χ4v) is 11.6. The number of rotatable bonds is 14. The fourth-order valence-electron chi connectivity index (χ4n) is 11.6. The molecule has 0 saturated heterocycles. The van der Waals surface area contributed by atoms with E-state index in [4.69, 9.17) is 10.8 Å². The summed E-state index contributed by atoms with van der Waals surface area (Å²) in [6, 6.07) is 17.8. The lowest BCUT2D eigenvalue weighted by molar-refractivity contribution is 0.00748. The lowest BCUT2D eigenvalue weighted by Crippen LogP contribution is -2.45. The summed E-state index contributed by atoms with van der Waals surface area (Å²) in [7, 11) is 4.51. The van der Waals surface area contributed by atoms with Crippen molar-refractivity contribution >= 4 is 13.4 Å². The molecule has 0 fully saturated rings. The van der Waals surface area contributed by atoms with E-state index in [0.29, 0.717) is 34.8 Å². The Morgan fingerprint density at radius 3 is 1.69 bits per heavy atom. The van der Waals surface area contributed by atoms with Crippen molar-refractivity contribution in [3.63, 3.8) is 0 Å². The van der Waals surface area contributed by atoms with Crippen molar-refractivity contribution in [2.45, 2.75) is 209 Å². The van der Waals surface area contributed by atoms with Gasteiger partial charge in [0.2, 0.25) is 0 Å². The molecular weight excluding hydrogens is 876 g/mol. The van der Waals surface area contributed by atoms with Crippen molar-refractivity contribution in [1.82, 2.24) is 0 Å². The number of hydrogen-bond acceptors (Lipinski definition) is 6. The Morgan fingerprint density at radius 1 is 0.690 bits per heavy atom. The minimum absolute atomic E-state index is 0. The molecule has 0 bridgehead atoms. The van der Waals surface area contributed by atoms with Gasteiger partial charge >= 0.3 is 1.43 Å². The Bertz CT molecular complexity index is 2490. The average molecular weight is 967 g/mol. The highest BCUT2D eigenvalue weighted by Crippen LogP contribution is 2.55. The van der Waals surface area contributed by atoms with Crippen molar-refractivity contribution < 1.29 is 32.7 Å². The molecule has 0 spiro atoms. The van der Waals surface area contributed by atoms with Crippen LogP contribution in [0.3, 0.4) is 0 Å². The molecule has 4 aliphatic rings. The van der Waals surface area contributed by atoms with Crippen LogP contribution in [0.15, 0.2) is 84.5 Å². The highest BCUT2D eigenvalue weighted by molar-refractivity contribution is 6.05. The molecule has 8 rings (SSSR count). The molecule has 2 heterocycles. The van der Waals surface area contributed by atoms with E-state index in [1.807, 2.05) is 44.2 Å². The van der Waals surface area contributed by atoms with Gasteiger partial charge in [0.15, 0.2) is 0 Å². The van der Waals surface area contributed by atoms with Crippen LogP contribution in [0.2, 0.25) is 6.80 Å². The van der Waals surface area contributed by atoms with Crippen LogP contribution in [0, 0.1) is 18.8 Å². The van der Waals surface area contributed by atoms with Gasteiger partial charge in [0.05, 0.1) is 13.4 Å². The van der Waals surface area contributed by atoms with Crippen molar-refractivity contribution in [1.29, 1.82) is 0 Å². The average Bonchev–Trinajstić information content (AvgIpc) is 3.29. The number of aromatic hydroxyl groups is 4. The molecule has 4 aromatic rings. The standard InChI is InChI=1S/2C21H30O2.C21H26O2.CH3B/c2*1-5-6-7-8-15-12-18(22)20-16-11-14(2)9-10-17(16)21(3,4)23-19(20)13-15;1-5-6-7-8-16-12-19(22)21(20(23)13-16)18-11-15(4)9-10-17(18)14(2)3;1-2/h11-13,16-17,22H,5-10H2,1-4H3;9,12-13,16-17,22H,5-8,10-11H2,1-4H3;9-13,22-23H,2,5-8H2,1,3-4H3;1H3/p+1/t2*16-,17-;;/m11../s1/i;;;1D. The van der Waals surface area contributed by atoms with Crippen LogP contribution in [0.4, 0.5) is 0 Å². The van der Waals surface area contributed by atoms with Gasteiger partial charge in [-0.15, -0.1) is 0 Å². The lowest BCUT2D eigenvalue weighted by Gasteiger charge is -2.47. The molecule has 71 heavy (non-hydrogen) atoms. The monoisotopic (exact) mass is 967 g/mol. The van der Waals surface area contributed by atoms with Crippen molar-refractivity contribution in [3.8, 4) is 45.6 Å². The second kappa shape index (κ2) is 25.6. The number of phenolic OH excluding ortho intramolecular Hbond substituents is 4. The Balaban J connectivity index is 0.000000229. The minimum atomic E-state index is -0.177. The largest absolute Gasteiger partial charge is 1.00 e. The van der Waals surface area contributed by atoms with Gasteiger partial charge in [-0.1, -0.05) is 125 Å². The Labute approximate surface area is 434 Å². The zero-order chi connectivity index (χ0) is 52.9. The molecule has 0 amide bonds. The number of phenols is 4. The third-order valence-corrected chi connectivity index (χ3v) is 15.4. The highest BCUT2D eigenvalue weighted by Gasteiger charge is 2.47. The molecular formula is C64H90BO6+. The molecule has 0 saturated carbocycles. The number of benzene rings is 4. The zero-order valence-electron chi connectivity index (χ0n) is 47.6. The van der Waals surface area contributed by atoms with Crippen LogP contribution in [0.1, 0.15) is 206 Å². The second-order valence-electron chi connectivity index (χ2n) is 22.1. The van der Waals surface area contributed by atoms with Crippen molar-refractivity contribution in [2.75, 3.05) is 0 Å². The Morgan fingerprint density at radius 2 is 1.17 bits per heavy atom. The van der Waals surface area contributed by atoms with Gasteiger partial charge in [0, 0.05) is 36.2 Å². The number of allylic oxidation sites excluding steroid dienone is 5. The van der Waals surface area contributed by atoms with Gasteiger partial charge in [0.25, 0.3) is 0 Å². The molecule has 384 valence electrons. The molecule has 0 aromatic heterocycles. The predicted molar refractivity (Wildman–Crippen MR) is 301 cm³/mol. The molecule has 4 aromatic carbocycles. The van der Waals surface area contributed by atoms with Gasteiger partial charge in [0.1, 0.15) is 45.7 Å². The molecule has 7 heteroatoms. The summed E-state index contributed by atoms with van der Waals surface area (Å²) in [6.07, 6.45) is 22.6. The quantitative estimate of drug-likeness (QED) is 0.0571. The van der Waals surface area contributed by atoms with E-state index in [1.54, 1.807) is 12.1 Å². The first-order chi connectivity index (χ1) is 34.2. The number of aryl methyl sites for hydroxylation is 4. The molecule has 2 radical (unpaired) electrons. The minimum Gasteiger partial charge on any atom is -0.508 e. The molecule has 6 nitrogen and oxygen atoms in total. The van der Waals surface area contributed by atoms with Gasteiger partial charge in [-0.05, 0) is 184 Å². The van der Waals surface area contributed by atoms with Crippen LogP contribution in [-0.4, -0.2) is 39.5 Å².